The van der Waals surface area contributed by atoms with E-state index in [1.807, 2.05) is 0 Å². The highest BCUT2D eigenvalue weighted by Crippen LogP contribution is 2.01. The molecule has 0 rings (SSSR count). The highest BCUT2D eigenvalue weighted by atomic mass is 16.5. The van der Waals surface area contributed by atoms with Gasteiger partial charge in [-0.3, -0.25) is 4.79 Å². The van der Waals surface area contributed by atoms with Gasteiger partial charge >= 0.3 is 11.9 Å². The minimum absolute atomic E-state index is 0.275. The zero-order valence-corrected chi connectivity index (χ0v) is 8.52. The smallest absolute Gasteiger partial charge is 0.331 e. The molecule has 0 saturated carbocycles. The number of hydrogen-bond acceptors (Lipinski definition) is 4. The average molecular weight is 212 g/mol. The molecule has 1 atom stereocenters. The summed E-state index contributed by atoms with van der Waals surface area (Å²) in [7, 11) is 0. The third-order valence-electron chi connectivity index (χ3n) is 1.44. The summed E-state index contributed by atoms with van der Waals surface area (Å²) in [6.45, 7) is 6.30. The molecule has 5 heteroatoms. The van der Waals surface area contributed by atoms with E-state index in [2.05, 4.69) is 11.3 Å². The lowest BCUT2D eigenvalue weighted by atomic mass is 10.1. The van der Waals surface area contributed by atoms with Gasteiger partial charge in [0.15, 0.2) is 11.9 Å². The van der Waals surface area contributed by atoms with Gasteiger partial charge in [0, 0.05) is 12.2 Å². The van der Waals surface area contributed by atoms with E-state index in [1.165, 1.54) is 13.8 Å². The molecule has 0 heterocycles. The van der Waals surface area contributed by atoms with Gasteiger partial charge in [0.05, 0.1) is 0 Å². The summed E-state index contributed by atoms with van der Waals surface area (Å²) < 4.78 is 4.62. The first-order valence-corrected chi connectivity index (χ1v) is 4.16. The van der Waals surface area contributed by atoms with Crippen LogP contribution in [-0.4, -0.2) is 28.9 Å². The molecule has 0 radical (unpaired) electrons. The van der Waals surface area contributed by atoms with Gasteiger partial charge in [-0.05, 0) is 19.4 Å². The molecule has 0 aliphatic rings. The summed E-state index contributed by atoms with van der Waals surface area (Å²) in [5.41, 5.74) is 0.275. The number of ketones is 1. The van der Waals surface area contributed by atoms with Gasteiger partial charge in [-0.15, -0.1) is 0 Å². The van der Waals surface area contributed by atoms with Gasteiger partial charge in [0.2, 0.25) is 0 Å². The van der Waals surface area contributed by atoms with E-state index in [0.717, 1.165) is 6.08 Å². The molecule has 0 fully saturated rings. The molecule has 15 heavy (non-hydrogen) atoms. The summed E-state index contributed by atoms with van der Waals surface area (Å²) in [6.07, 6.45) is 0.429. The number of Topliss-reactive ketones (excluding diaryl/α,β-unsaturated/α-hetero) is 1. The van der Waals surface area contributed by atoms with Gasteiger partial charge < -0.3 is 9.84 Å². The second-order valence-electron chi connectivity index (χ2n) is 2.90. The van der Waals surface area contributed by atoms with Crippen LogP contribution in [0.4, 0.5) is 0 Å². The predicted molar refractivity (Wildman–Crippen MR) is 52.2 cm³/mol. The quantitative estimate of drug-likeness (QED) is 0.536. The van der Waals surface area contributed by atoms with Crippen LogP contribution >= 0.6 is 0 Å². The molecule has 0 aromatic carbocycles. The summed E-state index contributed by atoms with van der Waals surface area (Å²) >= 11 is 0. The van der Waals surface area contributed by atoms with Gasteiger partial charge in [0.1, 0.15) is 0 Å². The summed E-state index contributed by atoms with van der Waals surface area (Å²) in [4.78, 5) is 32.2. The van der Waals surface area contributed by atoms with Crippen molar-refractivity contribution >= 4 is 17.7 Å². The van der Waals surface area contributed by atoms with Crippen molar-refractivity contribution in [2.75, 3.05) is 0 Å². The molecule has 5 nitrogen and oxygen atoms in total. The number of carbonyl (C=O) groups is 3. The Kier molecular flexibility index (Phi) is 5.01. The number of ether oxygens (including phenoxy) is 1. The molecule has 0 bridgehead atoms. The van der Waals surface area contributed by atoms with Crippen molar-refractivity contribution in [3.05, 3.63) is 24.3 Å². The molecule has 0 amide bonds. The van der Waals surface area contributed by atoms with E-state index < -0.39 is 23.8 Å². The number of carbonyl (C=O) groups excluding carboxylic acids is 2. The summed E-state index contributed by atoms with van der Waals surface area (Å²) in [5, 5.41) is 8.22. The Morgan fingerprint density at radius 2 is 1.87 bits per heavy atom. The largest absolute Gasteiger partial charge is 0.478 e. The van der Waals surface area contributed by atoms with E-state index in [4.69, 9.17) is 5.11 Å². The van der Waals surface area contributed by atoms with Crippen LogP contribution in [0.5, 0.6) is 0 Å². The maximum Gasteiger partial charge on any atom is 0.331 e. The Morgan fingerprint density at radius 3 is 2.27 bits per heavy atom. The van der Waals surface area contributed by atoms with Crippen molar-refractivity contribution in [2.24, 2.45) is 0 Å². The molecule has 1 N–H and O–H groups in total. The SMILES string of the molecule is C=C(C)C(=O)C(C)OC(=O)C=CC(=O)O. The maximum absolute atomic E-state index is 11.2. The molecule has 0 aromatic heterocycles. The fourth-order valence-electron chi connectivity index (χ4n) is 0.753. The van der Waals surface area contributed by atoms with Crippen LogP contribution in [0, 0.1) is 0 Å². The maximum atomic E-state index is 11.2. The van der Waals surface area contributed by atoms with Crippen molar-refractivity contribution in [3.63, 3.8) is 0 Å². The topological polar surface area (TPSA) is 80.7 Å². The van der Waals surface area contributed by atoms with E-state index in [0.29, 0.717) is 6.08 Å². The average Bonchev–Trinajstić information content (AvgIpc) is 2.13. The second-order valence-corrected chi connectivity index (χ2v) is 2.90. The number of hydrogen-bond donors (Lipinski definition) is 1. The highest BCUT2D eigenvalue weighted by molar-refractivity contribution is 5.99. The Balaban J connectivity index is 4.25. The van der Waals surface area contributed by atoms with Crippen LogP contribution in [0.1, 0.15) is 13.8 Å². The third-order valence-corrected chi connectivity index (χ3v) is 1.44. The lowest BCUT2D eigenvalue weighted by molar-refractivity contribution is -0.148. The Labute approximate surface area is 87.0 Å². The minimum Gasteiger partial charge on any atom is -0.478 e. The van der Waals surface area contributed by atoms with Gasteiger partial charge in [-0.2, -0.15) is 0 Å². The molecule has 0 aliphatic heterocycles. The molecule has 0 aromatic rings. The number of rotatable bonds is 5. The zero-order valence-electron chi connectivity index (χ0n) is 8.52. The van der Waals surface area contributed by atoms with Crippen LogP contribution in [0.2, 0.25) is 0 Å². The highest BCUT2D eigenvalue weighted by Gasteiger charge is 2.16. The second kappa shape index (κ2) is 5.74. The first-order chi connectivity index (χ1) is 6.84. The fraction of sp³-hybridized carbons (Fsp3) is 0.300. The van der Waals surface area contributed by atoms with Gasteiger partial charge in [-0.25, -0.2) is 9.59 Å². The molecule has 0 saturated heterocycles. The first kappa shape index (κ1) is 13.1. The van der Waals surface area contributed by atoms with Crippen LogP contribution in [0.25, 0.3) is 0 Å². The molecule has 0 spiro atoms. The van der Waals surface area contributed by atoms with Crippen LogP contribution in [0.3, 0.4) is 0 Å². The molecule has 0 aliphatic carbocycles. The first-order valence-electron chi connectivity index (χ1n) is 4.16. The number of aliphatic carboxylic acids is 1. The number of carboxylic acid groups (broad SMARTS) is 1. The normalized spacial score (nSPS) is 12.1. The monoisotopic (exact) mass is 212 g/mol. The third kappa shape index (κ3) is 5.41. The van der Waals surface area contributed by atoms with Crippen molar-refractivity contribution < 1.29 is 24.2 Å². The zero-order chi connectivity index (χ0) is 12.0. The fourth-order valence-corrected chi connectivity index (χ4v) is 0.753. The van der Waals surface area contributed by atoms with Crippen molar-refractivity contribution in [1.29, 1.82) is 0 Å². The lowest BCUT2D eigenvalue weighted by Crippen LogP contribution is -2.23. The van der Waals surface area contributed by atoms with Crippen molar-refractivity contribution in [1.82, 2.24) is 0 Å². The van der Waals surface area contributed by atoms with Gasteiger partial charge in [0.25, 0.3) is 0 Å². The summed E-state index contributed by atoms with van der Waals surface area (Å²) in [6, 6.07) is 0. The number of esters is 1. The standard InChI is InChI=1S/C10H12O5/c1-6(2)10(14)7(3)15-9(13)5-4-8(11)12/h4-5,7H,1H2,2-3H3,(H,11,12). The molecule has 82 valence electrons. The predicted octanol–water partition coefficient (Wildman–Crippen LogP) is 0.704. The van der Waals surface area contributed by atoms with Gasteiger partial charge in [-0.1, -0.05) is 6.58 Å². The molecular weight excluding hydrogens is 200 g/mol. The van der Waals surface area contributed by atoms with E-state index in [1.54, 1.807) is 0 Å². The molecule has 1 unspecified atom stereocenters. The van der Waals surface area contributed by atoms with Crippen LogP contribution < -0.4 is 0 Å². The minimum atomic E-state index is -1.26. The number of carboxylic acids is 1. The van der Waals surface area contributed by atoms with E-state index in [-0.39, 0.29) is 5.57 Å². The van der Waals surface area contributed by atoms with E-state index >= 15 is 0 Å². The van der Waals surface area contributed by atoms with Crippen LogP contribution in [0.15, 0.2) is 24.3 Å². The molecular formula is C10H12O5. The van der Waals surface area contributed by atoms with Crippen molar-refractivity contribution in [3.8, 4) is 0 Å². The summed E-state index contributed by atoms with van der Waals surface area (Å²) in [5.74, 6) is -2.53. The Bertz CT molecular complexity index is 327. The van der Waals surface area contributed by atoms with E-state index in [9.17, 15) is 14.4 Å². The Hall–Kier alpha value is -1.91. The van der Waals surface area contributed by atoms with Crippen molar-refractivity contribution in [2.45, 2.75) is 20.0 Å². The Morgan fingerprint density at radius 1 is 1.33 bits per heavy atom. The van der Waals surface area contributed by atoms with Crippen LogP contribution in [-0.2, 0) is 19.1 Å². The lowest BCUT2D eigenvalue weighted by Gasteiger charge is -2.09.